The quantitative estimate of drug-likeness (QED) is 0.188. The van der Waals surface area contributed by atoms with Crippen LogP contribution in [0.2, 0.25) is 0 Å². The van der Waals surface area contributed by atoms with Crippen molar-refractivity contribution in [2.24, 2.45) is 0 Å². The molecule has 4 aromatic carbocycles. The number of hydrogen-bond donors (Lipinski definition) is 0. The highest BCUT2D eigenvalue weighted by atomic mass is 14.9. The van der Waals surface area contributed by atoms with Gasteiger partial charge in [-0.25, -0.2) is 9.97 Å². The van der Waals surface area contributed by atoms with E-state index in [2.05, 4.69) is 140 Å². The van der Waals surface area contributed by atoms with Gasteiger partial charge in [0, 0.05) is 34.6 Å². The average Bonchev–Trinajstić information content (AvgIpc) is 3.12. The van der Waals surface area contributed by atoms with Crippen molar-refractivity contribution in [2.75, 3.05) is 0 Å². The van der Waals surface area contributed by atoms with E-state index >= 15 is 0 Å². The summed E-state index contributed by atoms with van der Waals surface area (Å²) in [6.07, 6.45) is 17.9. The SMILES string of the molecule is C/C=C\c1c(-c2nc(-c3cccc(C4=CCCC=C4)c3)cc(-c3cccc(-c4cccnc4)c3)n2)cc2ccccc2c1CC. The Hall–Kier alpha value is -5.41. The fourth-order valence-electron chi connectivity index (χ4n) is 6.30. The highest BCUT2D eigenvalue weighted by Gasteiger charge is 2.17. The lowest BCUT2D eigenvalue weighted by atomic mass is 9.91. The Labute approximate surface area is 265 Å². The van der Waals surface area contributed by atoms with E-state index in [1.807, 2.05) is 12.3 Å². The summed E-state index contributed by atoms with van der Waals surface area (Å²) in [6.45, 7) is 4.30. The van der Waals surface area contributed by atoms with Gasteiger partial charge in [0.15, 0.2) is 5.82 Å². The van der Waals surface area contributed by atoms with Crippen LogP contribution in [-0.4, -0.2) is 15.0 Å². The molecule has 0 atom stereocenters. The summed E-state index contributed by atoms with van der Waals surface area (Å²) in [5.41, 5.74) is 12.1. The fourth-order valence-corrected chi connectivity index (χ4v) is 6.30. The van der Waals surface area contributed by atoms with E-state index < -0.39 is 0 Å². The van der Waals surface area contributed by atoms with Crippen molar-refractivity contribution < 1.29 is 0 Å². The first kappa shape index (κ1) is 28.4. The second-order valence-corrected chi connectivity index (χ2v) is 11.4. The topological polar surface area (TPSA) is 38.7 Å². The molecule has 0 saturated heterocycles. The molecule has 0 N–H and O–H groups in total. The molecular formula is C42H35N3. The lowest BCUT2D eigenvalue weighted by molar-refractivity contribution is 1.04. The molecule has 0 bridgehead atoms. The predicted octanol–water partition coefficient (Wildman–Crippen LogP) is 11.0. The van der Waals surface area contributed by atoms with Gasteiger partial charge in [-0.3, -0.25) is 4.98 Å². The zero-order valence-corrected chi connectivity index (χ0v) is 25.7. The van der Waals surface area contributed by atoms with Crippen LogP contribution in [0.5, 0.6) is 0 Å². The fraction of sp³-hybridized carbons (Fsp3) is 0.119. The number of nitrogens with zero attached hydrogens (tertiary/aromatic N) is 3. The Morgan fingerprint density at radius 2 is 1.44 bits per heavy atom. The third kappa shape index (κ3) is 5.77. The van der Waals surface area contributed by atoms with Crippen LogP contribution in [0, 0.1) is 0 Å². The van der Waals surface area contributed by atoms with Crippen molar-refractivity contribution in [3.63, 3.8) is 0 Å². The molecule has 0 aliphatic heterocycles. The monoisotopic (exact) mass is 581 g/mol. The summed E-state index contributed by atoms with van der Waals surface area (Å²) in [4.78, 5) is 14.9. The van der Waals surface area contributed by atoms with Gasteiger partial charge in [-0.05, 0) is 95.1 Å². The standard InChI is InChI=1S/C42H35N3/c1-3-13-38-36(4-2)37-22-9-8-16-32(37)26-39(38)42-44-40(33-19-10-17-30(24-33)29-14-6-5-7-15-29)27-41(45-42)34-20-11-18-31(25-34)35-21-12-23-43-28-35/h3,6,8-28H,4-5,7H2,1-2H3/b13-3-. The molecule has 0 amide bonds. The molecule has 0 spiro atoms. The van der Waals surface area contributed by atoms with Gasteiger partial charge in [-0.15, -0.1) is 0 Å². The summed E-state index contributed by atoms with van der Waals surface area (Å²) in [6, 6.07) is 34.4. The van der Waals surface area contributed by atoms with Crippen LogP contribution < -0.4 is 0 Å². The van der Waals surface area contributed by atoms with Crippen LogP contribution in [0.3, 0.4) is 0 Å². The van der Waals surface area contributed by atoms with E-state index in [9.17, 15) is 0 Å². The van der Waals surface area contributed by atoms with Gasteiger partial charge in [0.25, 0.3) is 0 Å². The van der Waals surface area contributed by atoms with Gasteiger partial charge in [0.05, 0.1) is 11.4 Å². The number of fused-ring (bicyclic) bond motifs is 1. The third-order valence-corrected chi connectivity index (χ3v) is 8.49. The Bertz CT molecular complexity index is 2100. The molecular weight excluding hydrogens is 546 g/mol. The second-order valence-electron chi connectivity index (χ2n) is 11.4. The molecule has 1 aliphatic carbocycles. The zero-order chi connectivity index (χ0) is 30.6. The Balaban J connectivity index is 1.46. The van der Waals surface area contributed by atoms with Crippen molar-refractivity contribution in [1.29, 1.82) is 0 Å². The maximum Gasteiger partial charge on any atom is 0.161 e. The smallest absolute Gasteiger partial charge is 0.161 e. The summed E-state index contributed by atoms with van der Waals surface area (Å²) in [5.74, 6) is 0.727. The van der Waals surface area contributed by atoms with E-state index in [0.29, 0.717) is 0 Å². The molecule has 0 radical (unpaired) electrons. The van der Waals surface area contributed by atoms with Crippen molar-refractivity contribution >= 4 is 22.4 Å². The molecule has 2 heterocycles. The molecule has 0 unspecified atom stereocenters. The molecule has 2 aromatic heterocycles. The van der Waals surface area contributed by atoms with E-state index in [4.69, 9.17) is 9.97 Å². The van der Waals surface area contributed by atoms with Crippen LogP contribution in [0.25, 0.3) is 67.5 Å². The first-order valence-electron chi connectivity index (χ1n) is 15.8. The minimum Gasteiger partial charge on any atom is -0.264 e. The highest BCUT2D eigenvalue weighted by molar-refractivity contribution is 5.95. The second kappa shape index (κ2) is 12.7. The maximum atomic E-state index is 5.30. The summed E-state index contributed by atoms with van der Waals surface area (Å²) < 4.78 is 0. The molecule has 45 heavy (non-hydrogen) atoms. The Morgan fingerprint density at radius 1 is 0.711 bits per heavy atom. The number of aromatic nitrogens is 3. The molecule has 7 rings (SSSR count). The van der Waals surface area contributed by atoms with E-state index in [1.54, 1.807) is 6.20 Å². The number of hydrogen-bond acceptors (Lipinski definition) is 3. The molecule has 1 aliphatic rings. The van der Waals surface area contributed by atoms with Gasteiger partial charge >= 0.3 is 0 Å². The van der Waals surface area contributed by atoms with Crippen LogP contribution in [-0.2, 0) is 6.42 Å². The Kier molecular flexibility index (Phi) is 7.99. The molecule has 3 nitrogen and oxygen atoms in total. The predicted molar refractivity (Wildman–Crippen MR) is 190 cm³/mol. The van der Waals surface area contributed by atoms with Crippen LogP contribution in [0.4, 0.5) is 0 Å². The normalized spacial score (nSPS) is 13.0. The van der Waals surface area contributed by atoms with Crippen molar-refractivity contribution in [1.82, 2.24) is 15.0 Å². The van der Waals surface area contributed by atoms with Gasteiger partial charge in [-0.1, -0.05) is 104 Å². The van der Waals surface area contributed by atoms with E-state index in [1.165, 1.54) is 33.0 Å². The largest absolute Gasteiger partial charge is 0.264 e. The van der Waals surface area contributed by atoms with E-state index in [0.717, 1.165) is 64.3 Å². The third-order valence-electron chi connectivity index (χ3n) is 8.49. The summed E-state index contributed by atoms with van der Waals surface area (Å²) in [5, 5.41) is 2.48. The minimum atomic E-state index is 0.727. The van der Waals surface area contributed by atoms with E-state index in [-0.39, 0.29) is 0 Å². The van der Waals surface area contributed by atoms with Crippen LogP contribution in [0.15, 0.2) is 134 Å². The molecule has 218 valence electrons. The van der Waals surface area contributed by atoms with Crippen molar-refractivity contribution in [2.45, 2.75) is 33.1 Å². The number of pyridine rings is 1. The van der Waals surface area contributed by atoms with Gasteiger partial charge in [-0.2, -0.15) is 0 Å². The van der Waals surface area contributed by atoms with Crippen LogP contribution >= 0.6 is 0 Å². The van der Waals surface area contributed by atoms with Crippen molar-refractivity contribution in [3.8, 4) is 45.0 Å². The lowest BCUT2D eigenvalue weighted by Gasteiger charge is -2.16. The van der Waals surface area contributed by atoms with Crippen molar-refractivity contribution in [3.05, 3.63) is 150 Å². The Morgan fingerprint density at radius 3 is 2.16 bits per heavy atom. The average molecular weight is 582 g/mol. The van der Waals surface area contributed by atoms with Gasteiger partial charge in [0.2, 0.25) is 0 Å². The van der Waals surface area contributed by atoms with Crippen LogP contribution in [0.1, 0.15) is 43.4 Å². The first-order valence-corrected chi connectivity index (χ1v) is 15.8. The molecule has 3 heteroatoms. The number of benzene rings is 4. The summed E-state index contributed by atoms with van der Waals surface area (Å²) >= 11 is 0. The molecule has 0 saturated carbocycles. The number of rotatable bonds is 7. The highest BCUT2D eigenvalue weighted by Crippen LogP contribution is 2.36. The molecule has 0 fully saturated rings. The maximum absolute atomic E-state index is 5.30. The minimum absolute atomic E-state index is 0.727. The number of aryl methyl sites for hydroxylation is 1. The molecule has 6 aromatic rings. The summed E-state index contributed by atoms with van der Waals surface area (Å²) in [7, 11) is 0. The first-order chi connectivity index (χ1) is 22.2. The van der Waals surface area contributed by atoms with Gasteiger partial charge in [0.1, 0.15) is 0 Å². The zero-order valence-electron chi connectivity index (χ0n) is 25.7. The van der Waals surface area contributed by atoms with Gasteiger partial charge < -0.3 is 0 Å². The lowest BCUT2D eigenvalue weighted by Crippen LogP contribution is -2.00. The number of allylic oxidation sites excluding steroid dienone is 5.